The molecule has 0 radical (unpaired) electrons. The van der Waals surface area contributed by atoms with Crippen LogP contribution >= 0.6 is 0 Å². The molecule has 4 rings (SSSR count). The van der Waals surface area contributed by atoms with Crippen molar-refractivity contribution in [3.63, 3.8) is 0 Å². The summed E-state index contributed by atoms with van der Waals surface area (Å²) >= 11 is 0. The second kappa shape index (κ2) is 11.8. The highest BCUT2D eigenvalue weighted by atomic mass is 16.5. The van der Waals surface area contributed by atoms with Crippen LogP contribution in [0.4, 0.5) is 10.5 Å². The number of nitrogens with one attached hydrogen (secondary N) is 2. The first-order chi connectivity index (χ1) is 17.0. The maximum Gasteiger partial charge on any atom is 0.318 e. The van der Waals surface area contributed by atoms with Crippen molar-refractivity contribution in [2.75, 3.05) is 44.3 Å². The number of rotatable bonds is 6. The van der Waals surface area contributed by atoms with Gasteiger partial charge in [0.2, 0.25) is 5.91 Å². The van der Waals surface area contributed by atoms with Gasteiger partial charge in [-0.1, -0.05) is 44.2 Å². The van der Waals surface area contributed by atoms with Crippen molar-refractivity contribution >= 4 is 17.6 Å². The number of hydrogen-bond acceptors (Lipinski definition) is 5. The molecule has 1 aromatic rings. The van der Waals surface area contributed by atoms with Gasteiger partial charge in [-0.25, -0.2) is 4.79 Å². The Morgan fingerprint density at radius 2 is 1.86 bits per heavy atom. The van der Waals surface area contributed by atoms with Crippen molar-refractivity contribution in [3.8, 4) is 6.07 Å². The lowest BCUT2D eigenvalue weighted by Crippen LogP contribution is -2.60. The summed E-state index contributed by atoms with van der Waals surface area (Å²) in [6, 6.07) is 9.92. The number of anilines is 1. The van der Waals surface area contributed by atoms with Crippen molar-refractivity contribution in [2.24, 2.45) is 5.92 Å². The summed E-state index contributed by atoms with van der Waals surface area (Å²) in [5.74, 6) is 0.188. The van der Waals surface area contributed by atoms with Gasteiger partial charge in [0, 0.05) is 44.7 Å². The molecule has 2 aliphatic heterocycles. The van der Waals surface area contributed by atoms with Crippen LogP contribution in [0.25, 0.3) is 0 Å². The van der Waals surface area contributed by atoms with Gasteiger partial charge < -0.3 is 25.2 Å². The zero-order valence-corrected chi connectivity index (χ0v) is 20.9. The minimum atomic E-state index is -0.911. The number of piperidine rings is 1. The predicted molar refractivity (Wildman–Crippen MR) is 135 cm³/mol. The van der Waals surface area contributed by atoms with Crippen molar-refractivity contribution in [3.05, 3.63) is 29.8 Å². The van der Waals surface area contributed by atoms with Crippen molar-refractivity contribution in [1.29, 1.82) is 5.26 Å². The molecule has 1 unspecified atom stereocenters. The molecule has 0 aromatic heterocycles. The molecule has 190 valence electrons. The molecule has 8 nitrogen and oxygen atoms in total. The van der Waals surface area contributed by atoms with Crippen LogP contribution in [0, 0.1) is 24.2 Å². The molecule has 3 fully saturated rings. The fraction of sp³-hybridized carbons (Fsp3) is 0.667. The van der Waals surface area contributed by atoms with Crippen LogP contribution in [0.2, 0.25) is 0 Å². The van der Waals surface area contributed by atoms with Crippen LogP contribution in [0.15, 0.2) is 24.3 Å². The van der Waals surface area contributed by atoms with E-state index in [0.717, 1.165) is 18.5 Å². The Labute approximate surface area is 209 Å². The minimum Gasteiger partial charge on any atom is -0.378 e. The van der Waals surface area contributed by atoms with E-state index in [2.05, 4.69) is 46.7 Å². The Balaban J connectivity index is 1.41. The van der Waals surface area contributed by atoms with E-state index < -0.39 is 11.6 Å². The molecule has 35 heavy (non-hydrogen) atoms. The molecule has 1 saturated carbocycles. The molecule has 8 heteroatoms. The summed E-state index contributed by atoms with van der Waals surface area (Å²) in [7, 11) is 0. The average Bonchev–Trinajstić information content (AvgIpc) is 2.89. The molecule has 2 N–H and O–H groups in total. The van der Waals surface area contributed by atoms with E-state index in [1.165, 1.54) is 24.8 Å². The van der Waals surface area contributed by atoms with Crippen LogP contribution < -0.4 is 15.5 Å². The maximum atomic E-state index is 13.5. The van der Waals surface area contributed by atoms with Crippen LogP contribution in [-0.2, 0) is 9.53 Å². The number of nitrogens with zero attached hydrogens (tertiary/aromatic N) is 3. The first-order valence-electron chi connectivity index (χ1n) is 13.2. The third kappa shape index (κ3) is 6.66. The molecule has 2 heterocycles. The molecular weight excluding hydrogens is 442 g/mol. The lowest BCUT2D eigenvalue weighted by molar-refractivity contribution is -0.125. The molecule has 0 spiro atoms. The Morgan fingerprint density at radius 3 is 2.51 bits per heavy atom. The number of benzene rings is 1. The molecule has 3 amide bonds. The predicted octanol–water partition coefficient (Wildman–Crippen LogP) is 3.35. The van der Waals surface area contributed by atoms with Crippen LogP contribution in [0.3, 0.4) is 0 Å². The van der Waals surface area contributed by atoms with Crippen molar-refractivity contribution in [1.82, 2.24) is 15.5 Å². The second-order valence-electron chi connectivity index (χ2n) is 10.4. The van der Waals surface area contributed by atoms with E-state index in [1.807, 2.05) is 6.07 Å². The van der Waals surface area contributed by atoms with Gasteiger partial charge in [-0.3, -0.25) is 4.79 Å². The average molecular weight is 482 g/mol. The van der Waals surface area contributed by atoms with Gasteiger partial charge >= 0.3 is 6.03 Å². The van der Waals surface area contributed by atoms with E-state index in [0.29, 0.717) is 64.6 Å². The number of ether oxygens (including phenoxy) is 1. The van der Waals surface area contributed by atoms with Gasteiger partial charge in [-0.15, -0.1) is 0 Å². The Hall–Kier alpha value is -2.79. The van der Waals surface area contributed by atoms with Crippen molar-refractivity contribution in [2.45, 2.75) is 69.9 Å². The largest absolute Gasteiger partial charge is 0.378 e. The summed E-state index contributed by atoms with van der Waals surface area (Å²) in [5, 5.41) is 16.2. The lowest BCUT2D eigenvalue weighted by Gasteiger charge is -2.40. The van der Waals surface area contributed by atoms with Gasteiger partial charge in [-0.05, 0) is 37.0 Å². The van der Waals surface area contributed by atoms with Crippen LogP contribution in [-0.4, -0.2) is 67.8 Å². The van der Waals surface area contributed by atoms with E-state index in [9.17, 15) is 14.9 Å². The first kappa shape index (κ1) is 25.3. The van der Waals surface area contributed by atoms with Gasteiger partial charge in [0.25, 0.3) is 0 Å². The Bertz CT molecular complexity index is 910. The summed E-state index contributed by atoms with van der Waals surface area (Å²) < 4.78 is 5.36. The number of carbonyl (C=O) groups is 2. The summed E-state index contributed by atoms with van der Waals surface area (Å²) in [4.78, 5) is 30.4. The Morgan fingerprint density at radius 1 is 1.14 bits per heavy atom. The smallest absolute Gasteiger partial charge is 0.318 e. The highest BCUT2D eigenvalue weighted by Gasteiger charge is 2.39. The fourth-order valence-electron chi connectivity index (χ4n) is 5.55. The van der Waals surface area contributed by atoms with Crippen molar-refractivity contribution < 1.29 is 14.3 Å². The topological polar surface area (TPSA) is 97.7 Å². The van der Waals surface area contributed by atoms with Crippen LogP contribution in [0.1, 0.15) is 56.9 Å². The number of nitriles is 1. The standard InChI is InChI=1S/C27H39N5O3/c1-21-6-5-9-23(18-21)31-12-10-27(20-28,11-13-31)30-25(33)24(19-22-7-3-2-4-8-22)29-26(34)32-14-16-35-17-15-32/h5-6,9,18,22,24H,2-4,7-8,10-17,19H2,1H3,(H,29,34)(H,30,33). The van der Waals surface area contributed by atoms with Gasteiger partial charge in [0.1, 0.15) is 11.6 Å². The fourth-order valence-corrected chi connectivity index (χ4v) is 5.55. The normalized spacial score (nSPS) is 21.6. The highest BCUT2D eigenvalue weighted by Crippen LogP contribution is 2.29. The number of carbonyl (C=O) groups excluding carboxylic acids is 2. The molecule has 1 atom stereocenters. The lowest BCUT2D eigenvalue weighted by atomic mass is 9.84. The number of urea groups is 1. The van der Waals surface area contributed by atoms with Crippen LogP contribution in [0.5, 0.6) is 0 Å². The maximum absolute atomic E-state index is 13.5. The van der Waals surface area contributed by atoms with E-state index in [1.54, 1.807) is 4.90 Å². The quantitative estimate of drug-likeness (QED) is 0.649. The monoisotopic (exact) mass is 481 g/mol. The molecule has 0 bridgehead atoms. The van der Waals surface area contributed by atoms with E-state index in [-0.39, 0.29) is 11.9 Å². The van der Waals surface area contributed by atoms with E-state index in [4.69, 9.17) is 4.74 Å². The number of aryl methyl sites for hydroxylation is 1. The minimum absolute atomic E-state index is 0.218. The zero-order valence-electron chi connectivity index (χ0n) is 20.9. The second-order valence-corrected chi connectivity index (χ2v) is 10.4. The third-order valence-corrected chi connectivity index (χ3v) is 7.77. The number of hydrogen-bond donors (Lipinski definition) is 2. The highest BCUT2D eigenvalue weighted by molar-refractivity contribution is 5.88. The molecule has 1 aliphatic carbocycles. The summed E-state index contributed by atoms with van der Waals surface area (Å²) in [5.41, 5.74) is 1.44. The summed E-state index contributed by atoms with van der Waals surface area (Å²) in [6.45, 7) is 5.56. The molecule has 1 aromatic carbocycles. The van der Waals surface area contributed by atoms with Gasteiger partial charge in [0.05, 0.1) is 19.3 Å². The zero-order chi connectivity index (χ0) is 24.7. The summed E-state index contributed by atoms with van der Waals surface area (Å²) in [6.07, 6.45) is 7.49. The van der Waals surface area contributed by atoms with Gasteiger partial charge in [-0.2, -0.15) is 5.26 Å². The van der Waals surface area contributed by atoms with E-state index >= 15 is 0 Å². The van der Waals surface area contributed by atoms with Gasteiger partial charge in [0.15, 0.2) is 0 Å². The number of morpholine rings is 1. The Kier molecular flexibility index (Phi) is 8.50. The SMILES string of the molecule is Cc1cccc(N2CCC(C#N)(NC(=O)C(CC3CCCCC3)NC(=O)N3CCOCC3)CC2)c1. The third-order valence-electron chi connectivity index (χ3n) is 7.77. The molecule has 3 aliphatic rings. The molecule has 2 saturated heterocycles. The number of amides is 3. The molecular formula is C27H39N5O3. The first-order valence-corrected chi connectivity index (χ1v) is 13.2.